The van der Waals surface area contributed by atoms with Crippen molar-refractivity contribution in [2.75, 3.05) is 13.1 Å². The highest BCUT2D eigenvalue weighted by molar-refractivity contribution is 5.97. The number of benzene rings is 3. The van der Waals surface area contributed by atoms with Gasteiger partial charge in [0, 0.05) is 24.2 Å². The fraction of sp³-hybridized carbons (Fsp3) is 0.231. The number of rotatable bonds is 7. The van der Waals surface area contributed by atoms with E-state index in [0.29, 0.717) is 17.0 Å². The van der Waals surface area contributed by atoms with Gasteiger partial charge in [0.15, 0.2) is 5.58 Å². The number of nitrogens with zero attached hydrogens (tertiary/aromatic N) is 2. The number of carbonyl (C=O) groups excluding carboxylic acids is 1. The van der Waals surface area contributed by atoms with Gasteiger partial charge in [0.2, 0.25) is 5.89 Å². The zero-order valence-corrected chi connectivity index (χ0v) is 17.5. The first-order valence-corrected chi connectivity index (χ1v) is 10.5. The Morgan fingerprint density at radius 3 is 2.13 bits per heavy atom. The van der Waals surface area contributed by atoms with Crippen LogP contribution in [0.25, 0.3) is 33.7 Å². The summed E-state index contributed by atoms with van der Waals surface area (Å²) in [6.07, 6.45) is 1.89. The molecular formula is C26H26N2O2. The van der Waals surface area contributed by atoms with Crippen LogP contribution < -0.4 is 0 Å². The van der Waals surface area contributed by atoms with Crippen molar-refractivity contribution in [3.8, 4) is 22.6 Å². The van der Waals surface area contributed by atoms with Gasteiger partial charge in [0.1, 0.15) is 5.52 Å². The second-order valence-corrected chi connectivity index (χ2v) is 7.44. The Labute approximate surface area is 177 Å². The van der Waals surface area contributed by atoms with Gasteiger partial charge in [0.05, 0.1) is 0 Å². The summed E-state index contributed by atoms with van der Waals surface area (Å²) in [7, 11) is 0. The minimum absolute atomic E-state index is 0.0470. The number of aromatic nitrogens is 1. The molecule has 0 aliphatic heterocycles. The summed E-state index contributed by atoms with van der Waals surface area (Å²) in [6, 6.07) is 24.0. The molecule has 0 N–H and O–H groups in total. The molecule has 0 aliphatic rings. The molecule has 1 heterocycles. The van der Waals surface area contributed by atoms with E-state index in [4.69, 9.17) is 4.42 Å². The van der Waals surface area contributed by atoms with E-state index in [1.54, 1.807) is 0 Å². The average Bonchev–Trinajstić information content (AvgIpc) is 3.22. The molecule has 0 spiro atoms. The van der Waals surface area contributed by atoms with Crippen molar-refractivity contribution < 1.29 is 9.21 Å². The zero-order valence-electron chi connectivity index (χ0n) is 17.5. The van der Waals surface area contributed by atoms with Gasteiger partial charge in [-0.05, 0) is 54.3 Å². The maximum Gasteiger partial charge on any atom is 0.253 e. The highest BCUT2D eigenvalue weighted by Crippen LogP contribution is 2.28. The first-order valence-electron chi connectivity index (χ1n) is 10.5. The lowest BCUT2D eigenvalue weighted by Gasteiger charge is -2.21. The molecule has 0 bridgehead atoms. The third kappa shape index (κ3) is 4.13. The predicted molar refractivity (Wildman–Crippen MR) is 121 cm³/mol. The quantitative estimate of drug-likeness (QED) is 0.361. The van der Waals surface area contributed by atoms with Gasteiger partial charge < -0.3 is 9.32 Å². The monoisotopic (exact) mass is 398 g/mol. The molecule has 3 aromatic carbocycles. The van der Waals surface area contributed by atoms with Crippen molar-refractivity contribution >= 4 is 17.0 Å². The number of amides is 1. The summed E-state index contributed by atoms with van der Waals surface area (Å²) in [5.74, 6) is 0.610. The summed E-state index contributed by atoms with van der Waals surface area (Å²) >= 11 is 0. The molecular weight excluding hydrogens is 372 g/mol. The van der Waals surface area contributed by atoms with Crippen molar-refractivity contribution in [2.24, 2.45) is 0 Å². The minimum Gasteiger partial charge on any atom is -0.436 e. The van der Waals surface area contributed by atoms with Crippen LogP contribution in [0.4, 0.5) is 0 Å². The Bertz CT molecular complexity index is 1120. The molecule has 0 unspecified atom stereocenters. The largest absolute Gasteiger partial charge is 0.436 e. The zero-order chi connectivity index (χ0) is 20.9. The molecule has 4 rings (SSSR count). The topological polar surface area (TPSA) is 46.3 Å². The maximum atomic E-state index is 12.9. The van der Waals surface area contributed by atoms with Crippen molar-refractivity contribution in [1.82, 2.24) is 9.88 Å². The number of carbonyl (C=O) groups is 1. The Balaban J connectivity index is 1.60. The highest BCUT2D eigenvalue weighted by atomic mass is 16.3. The lowest BCUT2D eigenvalue weighted by Crippen LogP contribution is -2.32. The van der Waals surface area contributed by atoms with Crippen LogP contribution in [0.3, 0.4) is 0 Å². The number of hydrogen-bond acceptors (Lipinski definition) is 3. The summed E-state index contributed by atoms with van der Waals surface area (Å²) < 4.78 is 6.01. The smallest absolute Gasteiger partial charge is 0.253 e. The van der Waals surface area contributed by atoms with E-state index >= 15 is 0 Å². The lowest BCUT2D eigenvalue weighted by molar-refractivity contribution is 0.0755. The van der Waals surface area contributed by atoms with Crippen LogP contribution in [0.15, 0.2) is 77.2 Å². The highest BCUT2D eigenvalue weighted by Gasteiger charge is 2.16. The summed E-state index contributed by atoms with van der Waals surface area (Å²) in [5.41, 5.74) is 5.27. The predicted octanol–water partition coefficient (Wildman–Crippen LogP) is 6.42. The third-order valence-electron chi connectivity index (χ3n) is 5.15. The second-order valence-electron chi connectivity index (χ2n) is 7.44. The van der Waals surface area contributed by atoms with E-state index in [2.05, 4.69) is 43.1 Å². The van der Waals surface area contributed by atoms with Gasteiger partial charge in [-0.1, -0.05) is 56.3 Å². The van der Waals surface area contributed by atoms with Gasteiger partial charge in [-0.15, -0.1) is 0 Å². The van der Waals surface area contributed by atoms with Crippen molar-refractivity contribution in [2.45, 2.75) is 26.7 Å². The first-order chi connectivity index (χ1) is 14.7. The molecule has 0 saturated carbocycles. The summed E-state index contributed by atoms with van der Waals surface area (Å²) in [6.45, 7) is 5.70. The van der Waals surface area contributed by atoms with Crippen LogP contribution in [-0.2, 0) is 0 Å². The van der Waals surface area contributed by atoms with E-state index in [-0.39, 0.29) is 5.91 Å². The van der Waals surface area contributed by atoms with E-state index in [1.807, 2.05) is 53.4 Å². The fourth-order valence-electron chi connectivity index (χ4n) is 3.65. The van der Waals surface area contributed by atoms with Gasteiger partial charge in [-0.3, -0.25) is 4.79 Å². The van der Waals surface area contributed by atoms with Crippen LogP contribution in [0, 0.1) is 0 Å². The van der Waals surface area contributed by atoms with Crippen LogP contribution in [0.2, 0.25) is 0 Å². The third-order valence-corrected chi connectivity index (χ3v) is 5.15. The summed E-state index contributed by atoms with van der Waals surface area (Å²) in [4.78, 5) is 19.4. The van der Waals surface area contributed by atoms with Crippen molar-refractivity contribution in [1.29, 1.82) is 0 Å². The number of oxazole rings is 1. The molecule has 4 nitrogen and oxygen atoms in total. The minimum atomic E-state index is 0.0470. The van der Waals surface area contributed by atoms with E-state index < -0.39 is 0 Å². The molecule has 4 heteroatoms. The fourth-order valence-corrected chi connectivity index (χ4v) is 3.65. The average molecular weight is 399 g/mol. The molecule has 1 aromatic heterocycles. The first kappa shape index (κ1) is 19.9. The van der Waals surface area contributed by atoms with Crippen LogP contribution in [-0.4, -0.2) is 28.9 Å². The molecule has 1 amide bonds. The molecule has 152 valence electrons. The Morgan fingerprint density at radius 1 is 0.833 bits per heavy atom. The van der Waals surface area contributed by atoms with Gasteiger partial charge in [0.25, 0.3) is 5.91 Å². The van der Waals surface area contributed by atoms with Crippen LogP contribution >= 0.6 is 0 Å². The lowest BCUT2D eigenvalue weighted by atomic mass is 10.0. The van der Waals surface area contributed by atoms with E-state index in [1.165, 1.54) is 5.56 Å². The molecule has 0 aliphatic carbocycles. The van der Waals surface area contributed by atoms with Gasteiger partial charge in [-0.2, -0.15) is 0 Å². The number of fused-ring (bicyclic) bond motifs is 1. The standard InChI is InChI=1S/C26H26N2O2/c1-3-16-28(17-4-2)26(29)22-14-15-23-24(18-22)30-25(27-23)21-12-10-20(11-13-21)19-8-6-5-7-9-19/h5-15,18H,3-4,16-17H2,1-2H3. The molecule has 0 saturated heterocycles. The van der Waals surface area contributed by atoms with E-state index in [0.717, 1.165) is 42.6 Å². The normalized spacial score (nSPS) is 11.0. The SMILES string of the molecule is CCCN(CCC)C(=O)c1ccc2nc(-c3ccc(-c4ccccc4)cc3)oc2c1. The van der Waals surface area contributed by atoms with Crippen molar-refractivity contribution in [3.63, 3.8) is 0 Å². The van der Waals surface area contributed by atoms with Gasteiger partial charge >= 0.3 is 0 Å². The van der Waals surface area contributed by atoms with Crippen molar-refractivity contribution in [3.05, 3.63) is 78.4 Å². The molecule has 0 radical (unpaired) electrons. The molecule has 0 atom stereocenters. The maximum absolute atomic E-state index is 12.9. The Kier molecular flexibility index (Phi) is 5.94. The Morgan fingerprint density at radius 2 is 1.47 bits per heavy atom. The van der Waals surface area contributed by atoms with Gasteiger partial charge in [-0.25, -0.2) is 4.98 Å². The second kappa shape index (κ2) is 8.95. The number of hydrogen-bond donors (Lipinski definition) is 0. The van der Waals surface area contributed by atoms with Crippen LogP contribution in [0.1, 0.15) is 37.0 Å². The van der Waals surface area contributed by atoms with E-state index in [9.17, 15) is 4.79 Å². The van der Waals surface area contributed by atoms with Crippen LogP contribution in [0.5, 0.6) is 0 Å². The summed E-state index contributed by atoms with van der Waals surface area (Å²) in [5, 5.41) is 0. The Hall–Kier alpha value is -3.40. The molecule has 30 heavy (non-hydrogen) atoms. The molecule has 4 aromatic rings. The molecule has 0 fully saturated rings.